The summed E-state index contributed by atoms with van der Waals surface area (Å²) in [5.41, 5.74) is 3.78. The third-order valence-electron chi connectivity index (χ3n) is 5.65. The van der Waals surface area contributed by atoms with E-state index >= 15 is 0 Å². The lowest BCUT2D eigenvalue weighted by Crippen LogP contribution is -2.29. The number of aromatic nitrogens is 1. The van der Waals surface area contributed by atoms with Gasteiger partial charge in [0, 0.05) is 29.7 Å². The van der Waals surface area contributed by atoms with Crippen LogP contribution in [0.25, 0.3) is 5.76 Å². The van der Waals surface area contributed by atoms with Gasteiger partial charge in [0.1, 0.15) is 11.5 Å². The standard InChI is InChI=1S/C26H24N2O4/c1-4-32-21-7-5-6-20(15-21)28-23(18-10-12-27-13-11-18)22(25(30)26(28)31)24(29)19-9-8-16(2)17(3)14-19/h5-15,23,29H,4H2,1-3H3/b24-22+. The number of carbonyl (C=O) groups excluding carboxylic acids is 2. The molecule has 0 radical (unpaired) electrons. The number of ether oxygens (including phenoxy) is 1. The Bertz CT molecular complexity index is 1220. The van der Waals surface area contributed by atoms with Crippen LogP contribution in [0.5, 0.6) is 5.75 Å². The molecule has 1 atom stereocenters. The topological polar surface area (TPSA) is 79.7 Å². The molecule has 0 saturated carbocycles. The van der Waals surface area contributed by atoms with Crippen LogP contribution in [0.1, 0.15) is 35.2 Å². The first-order valence-electron chi connectivity index (χ1n) is 10.4. The molecule has 0 bridgehead atoms. The summed E-state index contributed by atoms with van der Waals surface area (Å²) < 4.78 is 5.58. The molecule has 32 heavy (non-hydrogen) atoms. The third-order valence-corrected chi connectivity index (χ3v) is 5.65. The number of anilines is 1. The summed E-state index contributed by atoms with van der Waals surface area (Å²) in [6.07, 6.45) is 3.20. The van der Waals surface area contributed by atoms with Gasteiger partial charge in [0.2, 0.25) is 0 Å². The van der Waals surface area contributed by atoms with Crippen molar-refractivity contribution in [1.82, 2.24) is 4.98 Å². The lowest BCUT2D eigenvalue weighted by atomic mass is 9.94. The number of pyridine rings is 1. The van der Waals surface area contributed by atoms with E-state index in [1.54, 1.807) is 54.9 Å². The van der Waals surface area contributed by atoms with Crippen molar-refractivity contribution < 1.29 is 19.4 Å². The highest BCUT2D eigenvalue weighted by Gasteiger charge is 2.47. The van der Waals surface area contributed by atoms with Crippen LogP contribution in [0.2, 0.25) is 0 Å². The molecule has 6 nitrogen and oxygen atoms in total. The van der Waals surface area contributed by atoms with Crippen LogP contribution in [0.4, 0.5) is 5.69 Å². The Kier molecular flexibility index (Phi) is 5.77. The molecule has 2 heterocycles. The molecule has 1 amide bonds. The van der Waals surface area contributed by atoms with Crippen LogP contribution in [0.3, 0.4) is 0 Å². The van der Waals surface area contributed by atoms with E-state index in [1.165, 1.54) is 4.90 Å². The molecule has 1 aromatic heterocycles. The van der Waals surface area contributed by atoms with Gasteiger partial charge >= 0.3 is 0 Å². The quantitative estimate of drug-likeness (QED) is 0.361. The van der Waals surface area contributed by atoms with Crippen molar-refractivity contribution in [2.75, 3.05) is 11.5 Å². The molecular formula is C26H24N2O4. The minimum atomic E-state index is -0.795. The lowest BCUT2D eigenvalue weighted by Gasteiger charge is -2.25. The number of aliphatic hydroxyl groups excluding tert-OH is 1. The highest BCUT2D eigenvalue weighted by atomic mass is 16.5. The zero-order valence-corrected chi connectivity index (χ0v) is 18.2. The molecule has 1 aliphatic rings. The van der Waals surface area contributed by atoms with Gasteiger partial charge < -0.3 is 9.84 Å². The molecule has 0 aliphatic carbocycles. The molecule has 1 fully saturated rings. The van der Waals surface area contributed by atoms with E-state index in [4.69, 9.17) is 4.74 Å². The van der Waals surface area contributed by atoms with Crippen molar-refractivity contribution in [2.45, 2.75) is 26.8 Å². The van der Waals surface area contributed by atoms with Crippen molar-refractivity contribution in [3.8, 4) is 5.75 Å². The second-order valence-corrected chi connectivity index (χ2v) is 7.68. The molecular weight excluding hydrogens is 404 g/mol. The Morgan fingerprint density at radius 1 is 1.03 bits per heavy atom. The number of ketones is 1. The average Bonchev–Trinajstić information content (AvgIpc) is 3.07. The maximum atomic E-state index is 13.2. The normalized spacial score (nSPS) is 17.6. The number of amides is 1. The van der Waals surface area contributed by atoms with E-state index < -0.39 is 17.7 Å². The first kappa shape index (κ1) is 21.3. The van der Waals surface area contributed by atoms with Gasteiger partial charge in [-0.3, -0.25) is 19.5 Å². The molecule has 1 aliphatic heterocycles. The largest absolute Gasteiger partial charge is 0.507 e. The van der Waals surface area contributed by atoms with Gasteiger partial charge in [-0.15, -0.1) is 0 Å². The summed E-state index contributed by atoms with van der Waals surface area (Å²) in [4.78, 5) is 31.9. The average molecular weight is 428 g/mol. The van der Waals surface area contributed by atoms with Crippen molar-refractivity contribution in [3.05, 3.63) is 94.8 Å². The Hall–Kier alpha value is -3.93. The van der Waals surface area contributed by atoms with Crippen LogP contribution >= 0.6 is 0 Å². The van der Waals surface area contributed by atoms with Crippen LogP contribution in [-0.2, 0) is 9.59 Å². The fourth-order valence-electron chi connectivity index (χ4n) is 3.89. The molecule has 4 rings (SSSR count). The van der Waals surface area contributed by atoms with Crippen LogP contribution in [0.15, 0.2) is 72.6 Å². The van der Waals surface area contributed by atoms with Gasteiger partial charge in [-0.05, 0) is 67.8 Å². The van der Waals surface area contributed by atoms with Crippen LogP contribution in [-0.4, -0.2) is 28.4 Å². The van der Waals surface area contributed by atoms with E-state index in [-0.39, 0.29) is 11.3 Å². The molecule has 3 aromatic rings. The van der Waals surface area contributed by atoms with Gasteiger partial charge in [-0.25, -0.2) is 0 Å². The number of carbonyl (C=O) groups is 2. The zero-order chi connectivity index (χ0) is 22.8. The van der Waals surface area contributed by atoms with Gasteiger partial charge in [-0.2, -0.15) is 0 Å². The number of aryl methyl sites for hydroxylation is 2. The Morgan fingerprint density at radius 2 is 1.78 bits per heavy atom. The molecule has 1 saturated heterocycles. The summed E-state index contributed by atoms with van der Waals surface area (Å²) in [5, 5.41) is 11.2. The highest BCUT2D eigenvalue weighted by molar-refractivity contribution is 6.51. The van der Waals surface area contributed by atoms with Gasteiger partial charge in [0.25, 0.3) is 11.7 Å². The van der Waals surface area contributed by atoms with Crippen molar-refractivity contribution in [1.29, 1.82) is 0 Å². The summed E-state index contributed by atoms with van der Waals surface area (Å²) in [5.74, 6) is -1.04. The number of rotatable bonds is 5. The number of aliphatic hydroxyl groups is 1. The monoisotopic (exact) mass is 428 g/mol. The number of hydrogen-bond donors (Lipinski definition) is 1. The Labute approximate surface area is 186 Å². The predicted molar refractivity (Wildman–Crippen MR) is 123 cm³/mol. The summed E-state index contributed by atoms with van der Waals surface area (Å²) >= 11 is 0. The molecule has 6 heteroatoms. The maximum Gasteiger partial charge on any atom is 0.300 e. The van der Waals surface area contributed by atoms with Gasteiger partial charge in [0.15, 0.2) is 0 Å². The second-order valence-electron chi connectivity index (χ2n) is 7.68. The van der Waals surface area contributed by atoms with Gasteiger partial charge in [-0.1, -0.05) is 18.2 Å². The maximum absolute atomic E-state index is 13.2. The first-order chi connectivity index (χ1) is 15.4. The second kappa shape index (κ2) is 8.67. The fraction of sp³-hybridized carbons (Fsp3) is 0.192. The van der Waals surface area contributed by atoms with Crippen molar-refractivity contribution in [2.24, 2.45) is 0 Å². The Balaban J connectivity index is 1.92. The summed E-state index contributed by atoms with van der Waals surface area (Å²) in [6.45, 7) is 6.26. The number of benzene rings is 2. The number of hydrogen-bond acceptors (Lipinski definition) is 5. The van der Waals surface area contributed by atoms with E-state index in [0.717, 1.165) is 11.1 Å². The smallest absolute Gasteiger partial charge is 0.300 e. The lowest BCUT2D eigenvalue weighted by molar-refractivity contribution is -0.132. The summed E-state index contributed by atoms with van der Waals surface area (Å²) in [7, 11) is 0. The van der Waals surface area contributed by atoms with Crippen molar-refractivity contribution >= 4 is 23.1 Å². The minimum absolute atomic E-state index is 0.0475. The summed E-state index contributed by atoms with van der Waals surface area (Å²) in [6, 6.07) is 15.2. The van der Waals surface area contributed by atoms with E-state index in [2.05, 4.69) is 4.98 Å². The SMILES string of the molecule is CCOc1cccc(N2C(=O)C(=O)/C(=C(/O)c3ccc(C)c(C)c3)C2c2ccncc2)c1. The molecule has 0 spiro atoms. The molecule has 2 aromatic carbocycles. The van der Waals surface area contributed by atoms with E-state index in [9.17, 15) is 14.7 Å². The van der Waals surface area contributed by atoms with E-state index in [1.807, 2.05) is 32.9 Å². The zero-order valence-electron chi connectivity index (χ0n) is 18.2. The minimum Gasteiger partial charge on any atom is -0.507 e. The Morgan fingerprint density at radius 3 is 2.47 bits per heavy atom. The third kappa shape index (κ3) is 3.75. The van der Waals surface area contributed by atoms with Crippen LogP contribution in [0, 0.1) is 13.8 Å². The van der Waals surface area contributed by atoms with Crippen LogP contribution < -0.4 is 9.64 Å². The number of Topliss-reactive ketones (excluding diaryl/α,β-unsaturated/α-hetero) is 1. The highest BCUT2D eigenvalue weighted by Crippen LogP contribution is 2.42. The molecule has 1 N–H and O–H groups in total. The van der Waals surface area contributed by atoms with E-state index in [0.29, 0.717) is 29.2 Å². The first-order valence-corrected chi connectivity index (χ1v) is 10.4. The molecule has 1 unspecified atom stereocenters. The predicted octanol–water partition coefficient (Wildman–Crippen LogP) is 4.72. The molecule has 162 valence electrons. The number of nitrogens with zero attached hydrogens (tertiary/aromatic N) is 2. The van der Waals surface area contributed by atoms with Crippen molar-refractivity contribution in [3.63, 3.8) is 0 Å². The fourth-order valence-corrected chi connectivity index (χ4v) is 3.89. The van der Waals surface area contributed by atoms with Gasteiger partial charge in [0.05, 0.1) is 18.2 Å².